The minimum absolute atomic E-state index is 0.0456. The van der Waals surface area contributed by atoms with Crippen LogP contribution in [-0.2, 0) is 0 Å². The van der Waals surface area contributed by atoms with Crippen molar-refractivity contribution in [3.05, 3.63) is 105 Å². The van der Waals surface area contributed by atoms with Crippen molar-refractivity contribution in [1.82, 2.24) is 10.3 Å². The van der Waals surface area contributed by atoms with Gasteiger partial charge in [0.1, 0.15) is 0 Å². The van der Waals surface area contributed by atoms with Gasteiger partial charge in [-0.25, -0.2) is 0 Å². The van der Waals surface area contributed by atoms with Gasteiger partial charge in [0.2, 0.25) is 0 Å². The van der Waals surface area contributed by atoms with E-state index in [2.05, 4.69) is 10.3 Å². The molecule has 2 aromatic carbocycles. The number of amides is 1. The van der Waals surface area contributed by atoms with Gasteiger partial charge in [-0.3, -0.25) is 14.4 Å². The number of H-pyrrole nitrogens is 1. The average Bonchev–Trinajstić information content (AvgIpc) is 2.83. The van der Waals surface area contributed by atoms with E-state index in [9.17, 15) is 19.5 Å². The van der Waals surface area contributed by atoms with Crippen LogP contribution in [-0.4, -0.2) is 46.1 Å². The Kier molecular flexibility index (Phi) is 7.92. The molecule has 0 saturated carbocycles. The van der Waals surface area contributed by atoms with Crippen LogP contribution < -0.4 is 10.9 Å². The molecule has 4 N–H and O–H groups in total. The Labute approximate surface area is 192 Å². The summed E-state index contributed by atoms with van der Waals surface area (Å²) in [5.41, 5.74) is 4.06. The summed E-state index contributed by atoms with van der Waals surface area (Å²) in [5.74, 6) is -0.692. The molecule has 7 heteroatoms. The Morgan fingerprint density at radius 1 is 1.00 bits per heavy atom. The Morgan fingerprint density at radius 2 is 1.70 bits per heavy atom. The first-order valence-corrected chi connectivity index (χ1v) is 10.7. The van der Waals surface area contributed by atoms with Crippen molar-refractivity contribution >= 4 is 11.7 Å². The topological polar surface area (TPSA) is 119 Å². The van der Waals surface area contributed by atoms with Gasteiger partial charge in [-0.2, -0.15) is 0 Å². The quantitative estimate of drug-likeness (QED) is 0.375. The fraction of sp³-hybridized carbons (Fsp3) is 0.269. The Bertz CT molecular complexity index is 1180. The number of benzene rings is 2. The number of carbonyl (C=O) groups is 2. The third-order valence-corrected chi connectivity index (χ3v) is 5.65. The Morgan fingerprint density at radius 3 is 2.33 bits per heavy atom. The lowest BCUT2D eigenvalue weighted by Crippen LogP contribution is -2.33. The third kappa shape index (κ3) is 6.03. The van der Waals surface area contributed by atoms with Gasteiger partial charge in [0.15, 0.2) is 5.78 Å². The fourth-order valence-corrected chi connectivity index (χ4v) is 3.69. The molecule has 0 bridgehead atoms. The second-order valence-electron chi connectivity index (χ2n) is 8.11. The number of aromatic nitrogens is 1. The van der Waals surface area contributed by atoms with E-state index in [0.717, 1.165) is 16.7 Å². The van der Waals surface area contributed by atoms with Gasteiger partial charge < -0.3 is 20.5 Å². The summed E-state index contributed by atoms with van der Waals surface area (Å²) in [6, 6.07) is 16.4. The van der Waals surface area contributed by atoms with Crippen LogP contribution in [0.3, 0.4) is 0 Å². The average molecular weight is 449 g/mol. The summed E-state index contributed by atoms with van der Waals surface area (Å²) in [6.07, 6.45) is 0.631. The molecule has 1 amide bonds. The minimum atomic E-state index is -1.01. The van der Waals surface area contributed by atoms with Crippen molar-refractivity contribution in [1.29, 1.82) is 0 Å². The van der Waals surface area contributed by atoms with Gasteiger partial charge in [-0.05, 0) is 48.7 Å². The molecule has 0 fully saturated rings. The van der Waals surface area contributed by atoms with Crippen molar-refractivity contribution in [3.8, 4) is 0 Å². The first-order chi connectivity index (χ1) is 15.8. The molecule has 0 spiro atoms. The van der Waals surface area contributed by atoms with Gasteiger partial charge in [-0.1, -0.05) is 36.4 Å². The molecule has 172 valence electrons. The number of aliphatic hydroxyl groups is 2. The van der Waals surface area contributed by atoms with Crippen LogP contribution in [0.15, 0.2) is 65.6 Å². The summed E-state index contributed by atoms with van der Waals surface area (Å²) in [5, 5.41) is 20.9. The minimum Gasteiger partial charge on any atom is -0.394 e. The van der Waals surface area contributed by atoms with E-state index >= 15 is 0 Å². The summed E-state index contributed by atoms with van der Waals surface area (Å²) >= 11 is 0. The van der Waals surface area contributed by atoms with Crippen molar-refractivity contribution in [2.24, 2.45) is 0 Å². The summed E-state index contributed by atoms with van der Waals surface area (Å²) in [7, 11) is 0. The van der Waals surface area contributed by atoms with Crippen LogP contribution in [0, 0.1) is 13.8 Å². The number of pyridine rings is 1. The first-order valence-electron chi connectivity index (χ1n) is 10.7. The van der Waals surface area contributed by atoms with Crippen LogP contribution in [0.5, 0.6) is 0 Å². The highest BCUT2D eigenvalue weighted by Crippen LogP contribution is 2.31. The Balaban J connectivity index is 1.88. The standard InChI is InChI=1S/C26H28N2O5/c1-16-5-3-4-6-22(16)23(12-24(31)20-11-17(2)25(32)27-13-20)18-7-9-19(10-8-18)26(33)28-14-21(30)15-29/h3-11,13,21,23,29-30H,12,14-15H2,1-2H3,(H,27,32)(H,28,33)/t21-,23?/m1/s1. The second-order valence-corrected chi connectivity index (χ2v) is 8.11. The highest BCUT2D eigenvalue weighted by Gasteiger charge is 2.22. The number of hydrogen-bond acceptors (Lipinski definition) is 5. The molecular formula is C26H28N2O5. The molecule has 7 nitrogen and oxygen atoms in total. The summed E-state index contributed by atoms with van der Waals surface area (Å²) in [4.78, 5) is 39.7. The highest BCUT2D eigenvalue weighted by atomic mass is 16.3. The molecule has 1 heterocycles. The zero-order chi connectivity index (χ0) is 24.0. The SMILES string of the molecule is Cc1ccccc1C(CC(=O)c1c[nH]c(=O)c(C)c1)c1ccc(C(=O)NC[C@@H](O)CO)cc1. The van der Waals surface area contributed by atoms with Gasteiger partial charge in [-0.15, -0.1) is 0 Å². The molecule has 3 aromatic rings. The van der Waals surface area contributed by atoms with Crippen LogP contribution >= 0.6 is 0 Å². The van der Waals surface area contributed by atoms with E-state index < -0.39 is 12.7 Å². The lowest BCUT2D eigenvalue weighted by atomic mass is 9.83. The molecule has 3 rings (SSSR count). The second kappa shape index (κ2) is 10.8. The van der Waals surface area contributed by atoms with E-state index in [-0.39, 0.29) is 36.1 Å². The number of rotatable bonds is 9. The first kappa shape index (κ1) is 24.1. The van der Waals surface area contributed by atoms with Crippen molar-refractivity contribution < 1.29 is 19.8 Å². The van der Waals surface area contributed by atoms with Crippen LogP contribution in [0.4, 0.5) is 0 Å². The van der Waals surface area contributed by atoms with E-state index in [1.165, 1.54) is 6.20 Å². The predicted octanol–water partition coefficient (Wildman–Crippen LogP) is 2.48. The fourth-order valence-electron chi connectivity index (χ4n) is 3.69. The van der Waals surface area contributed by atoms with Gasteiger partial charge in [0, 0.05) is 41.8 Å². The van der Waals surface area contributed by atoms with E-state index in [1.807, 2.05) is 43.3 Å². The molecular weight excluding hydrogens is 420 g/mol. The number of aromatic amines is 1. The van der Waals surface area contributed by atoms with Crippen LogP contribution in [0.25, 0.3) is 0 Å². The molecule has 33 heavy (non-hydrogen) atoms. The maximum Gasteiger partial charge on any atom is 0.251 e. The van der Waals surface area contributed by atoms with Gasteiger partial charge in [0.05, 0.1) is 12.7 Å². The van der Waals surface area contributed by atoms with Gasteiger partial charge >= 0.3 is 0 Å². The van der Waals surface area contributed by atoms with E-state index in [4.69, 9.17) is 5.11 Å². The zero-order valence-corrected chi connectivity index (χ0v) is 18.7. The maximum absolute atomic E-state index is 13.1. The van der Waals surface area contributed by atoms with Gasteiger partial charge in [0.25, 0.3) is 11.5 Å². The molecule has 1 unspecified atom stereocenters. The lowest BCUT2D eigenvalue weighted by Gasteiger charge is -2.20. The zero-order valence-electron chi connectivity index (χ0n) is 18.7. The maximum atomic E-state index is 13.1. The molecule has 0 radical (unpaired) electrons. The van der Waals surface area contributed by atoms with Crippen molar-refractivity contribution in [2.75, 3.05) is 13.2 Å². The number of carbonyl (C=O) groups excluding carboxylic acids is 2. The molecule has 0 aliphatic carbocycles. The summed E-state index contributed by atoms with van der Waals surface area (Å²) in [6.45, 7) is 3.18. The summed E-state index contributed by atoms with van der Waals surface area (Å²) < 4.78 is 0. The van der Waals surface area contributed by atoms with Crippen molar-refractivity contribution in [3.63, 3.8) is 0 Å². The third-order valence-electron chi connectivity index (χ3n) is 5.65. The van der Waals surface area contributed by atoms with E-state index in [1.54, 1.807) is 25.1 Å². The number of nitrogens with one attached hydrogen (secondary N) is 2. The normalized spacial score (nSPS) is 12.7. The lowest BCUT2D eigenvalue weighted by molar-refractivity contribution is 0.0802. The Hall–Kier alpha value is -3.55. The van der Waals surface area contributed by atoms with Crippen LogP contribution in [0.1, 0.15) is 55.3 Å². The monoisotopic (exact) mass is 448 g/mol. The predicted molar refractivity (Wildman–Crippen MR) is 126 cm³/mol. The van der Waals surface area contributed by atoms with Crippen molar-refractivity contribution in [2.45, 2.75) is 32.3 Å². The molecule has 0 saturated heterocycles. The number of ketones is 1. The molecule has 0 aliphatic rings. The highest BCUT2D eigenvalue weighted by molar-refractivity contribution is 5.97. The molecule has 2 atom stereocenters. The molecule has 1 aromatic heterocycles. The number of aliphatic hydroxyl groups excluding tert-OH is 2. The number of hydrogen-bond donors (Lipinski definition) is 4. The number of Topliss-reactive ketones (excluding diaryl/α,β-unsaturated/α-hetero) is 1. The van der Waals surface area contributed by atoms with E-state index in [0.29, 0.717) is 16.7 Å². The molecule has 0 aliphatic heterocycles. The number of aryl methyl sites for hydroxylation is 2. The largest absolute Gasteiger partial charge is 0.394 e. The van der Waals surface area contributed by atoms with Crippen LogP contribution in [0.2, 0.25) is 0 Å². The smallest absolute Gasteiger partial charge is 0.251 e.